The van der Waals surface area contributed by atoms with Crippen molar-refractivity contribution in [1.82, 2.24) is 5.43 Å². The molecule has 0 saturated heterocycles. The number of nitrogens with one attached hydrogen (secondary N) is 1. The van der Waals surface area contributed by atoms with Crippen molar-refractivity contribution in [3.05, 3.63) is 93.5 Å². The Kier molecular flexibility index (Phi) is 8.09. The number of benzene rings is 3. The highest BCUT2D eigenvalue weighted by molar-refractivity contribution is 7.92. The van der Waals surface area contributed by atoms with Gasteiger partial charge in [-0.2, -0.15) is 18.3 Å². The molecule has 0 saturated carbocycles. The van der Waals surface area contributed by atoms with Crippen LogP contribution in [0.4, 0.5) is 18.9 Å². The Balaban J connectivity index is 1.89. The van der Waals surface area contributed by atoms with Crippen LogP contribution in [0.2, 0.25) is 10.0 Å². The van der Waals surface area contributed by atoms with Gasteiger partial charge in [0.1, 0.15) is 6.54 Å². The molecule has 3 aromatic carbocycles. The predicted octanol–water partition coefficient (Wildman–Crippen LogP) is 5.67. The molecule has 0 spiro atoms. The quantitative estimate of drug-likeness (QED) is 0.308. The molecular weight excluding hydrogens is 526 g/mol. The summed E-state index contributed by atoms with van der Waals surface area (Å²) in [5.74, 6) is -0.910. The highest BCUT2D eigenvalue weighted by atomic mass is 35.5. The zero-order chi connectivity index (χ0) is 25.8. The third-order valence-electron chi connectivity index (χ3n) is 4.73. The average Bonchev–Trinajstić information content (AvgIpc) is 2.78. The summed E-state index contributed by atoms with van der Waals surface area (Å²) in [5.41, 5.74) is 1.66. The number of sulfonamides is 1. The van der Waals surface area contributed by atoms with E-state index in [1.807, 2.05) is 0 Å². The number of aryl methyl sites for hydroxylation is 1. The van der Waals surface area contributed by atoms with Gasteiger partial charge in [0, 0.05) is 10.6 Å². The lowest BCUT2D eigenvalue weighted by Gasteiger charge is -2.24. The number of anilines is 1. The van der Waals surface area contributed by atoms with Crippen LogP contribution in [0.5, 0.6) is 0 Å². The topological polar surface area (TPSA) is 78.8 Å². The van der Waals surface area contributed by atoms with Crippen molar-refractivity contribution >= 4 is 51.0 Å². The van der Waals surface area contributed by atoms with Gasteiger partial charge in [-0.1, -0.05) is 59.1 Å². The van der Waals surface area contributed by atoms with Crippen LogP contribution in [0, 0.1) is 6.92 Å². The van der Waals surface area contributed by atoms with Crippen molar-refractivity contribution in [2.75, 3.05) is 10.8 Å². The van der Waals surface area contributed by atoms with E-state index in [0.717, 1.165) is 22.1 Å². The molecule has 3 aromatic rings. The van der Waals surface area contributed by atoms with E-state index < -0.39 is 34.2 Å². The van der Waals surface area contributed by atoms with Crippen molar-refractivity contribution < 1.29 is 26.4 Å². The molecule has 0 bridgehead atoms. The van der Waals surface area contributed by atoms with Crippen molar-refractivity contribution in [3.63, 3.8) is 0 Å². The molecule has 0 aliphatic rings. The van der Waals surface area contributed by atoms with Crippen LogP contribution >= 0.6 is 23.2 Å². The number of amides is 1. The summed E-state index contributed by atoms with van der Waals surface area (Å²) < 4.78 is 66.9. The van der Waals surface area contributed by atoms with Crippen molar-refractivity contribution in [2.24, 2.45) is 5.10 Å². The zero-order valence-electron chi connectivity index (χ0n) is 18.1. The maximum atomic E-state index is 13.4. The SMILES string of the molecule is Cc1ccc(S(=O)(=O)N(CC(=O)N/N=C/c2ccccc2C(F)(F)F)c2ccc(Cl)cc2Cl)cc1. The van der Waals surface area contributed by atoms with Gasteiger partial charge in [-0.05, 0) is 43.3 Å². The van der Waals surface area contributed by atoms with Crippen LogP contribution in [0.25, 0.3) is 0 Å². The van der Waals surface area contributed by atoms with Gasteiger partial charge in [-0.25, -0.2) is 13.8 Å². The fraction of sp³-hybridized carbons (Fsp3) is 0.130. The molecule has 0 aliphatic heterocycles. The normalized spacial score (nSPS) is 12.1. The van der Waals surface area contributed by atoms with E-state index in [2.05, 4.69) is 10.5 Å². The second-order valence-corrected chi connectivity index (χ2v) is 10.0. The lowest BCUT2D eigenvalue weighted by molar-refractivity contribution is -0.137. The third kappa shape index (κ3) is 6.53. The summed E-state index contributed by atoms with van der Waals surface area (Å²) in [4.78, 5) is 12.5. The standard InChI is InChI=1S/C23H18Cl2F3N3O3S/c1-15-6-9-18(10-7-15)35(33,34)31(21-11-8-17(24)12-20(21)25)14-22(32)30-29-13-16-4-2-3-5-19(16)23(26,27)28/h2-13H,14H2,1H3,(H,30,32)/b29-13+. The van der Waals surface area contributed by atoms with Crippen LogP contribution in [-0.4, -0.2) is 27.1 Å². The highest BCUT2D eigenvalue weighted by Gasteiger charge is 2.32. The largest absolute Gasteiger partial charge is 0.417 e. The molecule has 0 aliphatic carbocycles. The average molecular weight is 544 g/mol. The van der Waals surface area contributed by atoms with Gasteiger partial charge in [0.15, 0.2) is 0 Å². The Morgan fingerprint density at radius 1 is 1.06 bits per heavy atom. The Morgan fingerprint density at radius 3 is 2.34 bits per heavy atom. The van der Waals surface area contributed by atoms with E-state index in [-0.39, 0.29) is 26.2 Å². The molecule has 0 radical (unpaired) electrons. The summed E-state index contributed by atoms with van der Waals surface area (Å²) >= 11 is 12.1. The number of carbonyl (C=O) groups excluding carboxylic acids is 1. The Morgan fingerprint density at radius 2 is 1.71 bits per heavy atom. The zero-order valence-corrected chi connectivity index (χ0v) is 20.4. The first-order valence-electron chi connectivity index (χ1n) is 9.92. The van der Waals surface area contributed by atoms with E-state index in [4.69, 9.17) is 23.2 Å². The Bertz CT molecular complexity index is 1360. The Labute approximate surface area is 210 Å². The molecule has 0 unspecified atom stereocenters. The van der Waals surface area contributed by atoms with Crippen LogP contribution in [0.3, 0.4) is 0 Å². The number of halogens is 5. The highest BCUT2D eigenvalue weighted by Crippen LogP contribution is 2.33. The molecule has 184 valence electrons. The van der Waals surface area contributed by atoms with Gasteiger partial charge in [0.2, 0.25) is 0 Å². The van der Waals surface area contributed by atoms with Crippen LogP contribution in [0.15, 0.2) is 76.7 Å². The van der Waals surface area contributed by atoms with Gasteiger partial charge in [-0.3, -0.25) is 9.10 Å². The molecule has 6 nitrogen and oxygen atoms in total. The van der Waals surface area contributed by atoms with E-state index in [1.165, 1.54) is 48.5 Å². The first-order chi connectivity index (χ1) is 16.4. The minimum absolute atomic E-state index is 0.0156. The molecule has 1 amide bonds. The van der Waals surface area contributed by atoms with Crippen LogP contribution < -0.4 is 9.73 Å². The van der Waals surface area contributed by atoms with E-state index in [9.17, 15) is 26.4 Å². The van der Waals surface area contributed by atoms with Gasteiger partial charge < -0.3 is 0 Å². The molecule has 35 heavy (non-hydrogen) atoms. The minimum atomic E-state index is -4.61. The predicted molar refractivity (Wildman–Crippen MR) is 129 cm³/mol. The fourth-order valence-corrected chi connectivity index (χ4v) is 5.03. The van der Waals surface area contributed by atoms with E-state index in [1.54, 1.807) is 19.1 Å². The number of hydrogen-bond donors (Lipinski definition) is 1. The molecular formula is C23H18Cl2F3N3O3S. The second-order valence-electron chi connectivity index (χ2n) is 7.30. The van der Waals surface area contributed by atoms with Gasteiger partial charge in [0.05, 0.1) is 27.4 Å². The molecule has 0 heterocycles. The maximum absolute atomic E-state index is 13.4. The summed E-state index contributed by atoms with van der Waals surface area (Å²) in [6.45, 7) is 1.03. The number of hydrazone groups is 1. The van der Waals surface area contributed by atoms with Gasteiger partial charge >= 0.3 is 6.18 Å². The van der Waals surface area contributed by atoms with Crippen molar-refractivity contribution in [1.29, 1.82) is 0 Å². The summed E-state index contributed by atoms with van der Waals surface area (Å²) in [7, 11) is -4.26. The lowest BCUT2D eigenvalue weighted by atomic mass is 10.1. The van der Waals surface area contributed by atoms with Crippen molar-refractivity contribution in [2.45, 2.75) is 18.0 Å². The first kappa shape index (κ1) is 26.5. The minimum Gasteiger partial charge on any atom is -0.271 e. The molecule has 12 heteroatoms. The third-order valence-corrected chi connectivity index (χ3v) is 7.05. The number of alkyl halides is 3. The number of carbonyl (C=O) groups is 1. The molecule has 1 N–H and O–H groups in total. The van der Waals surface area contributed by atoms with E-state index >= 15 is 0 Å². The fourth-order valence-electron chi connectivity index (χ4n) is 3.03. The summed E-state index contributed by atoms with van der Waals surface area (Å²) in [6, 6.07) is 14.7. The first-order valence-corrected chi connectivity index (χ1v) is 12.1. The van der Waals surface area contributed by atoms with Gasteiger partial charge in [0.25, 0.3) is 15.9 Å². The monoisotopic (exact) mass is 543 g/mol. The molecule has 0 atom stereocenters. The molecule has 0 fully saturated rings. The maximum Gasteiger partial charge on any atom is 0.417 e. The van der Waals surface area contributed by atoms with Crippen molar-refractivity contribution in [3.8, 4) is 0 Å². The van der Waals surface area contributed by atoms with E-state index in [0.29, 0.717) is 0 Å². The smallest absolute Gasteiger partial charge is 0.271 e. The molecule has 0 aromatic heterocycles. The summed E-state index contributed by atoms with van der Waals surface area (Å²) in [5, 5.41) is 3.79. The summed E-state index contributed by atoms with van der Waals surface area (Å²) in [6.07, 6.45) is -3.79. The lowest BCUT2D eigenvalue weighted by Crippen LogP contribution is -2.39. The Hall–Kier alpha value is -3.08. The number of nitrogens with zero attached hydrogens (tertiary/aromatic N) is 2. The second kappa shape index (κ2) is 10.7. The number of hydrogen-bond acceptors (Lipinski definition) is 4. The molecule has 3 rings (SSSR count). The number of rotatable bonds is 7. The van der Waals surface area contributed by atoms with Crippen LogP contribution in [-0.2, 0) is 21.0 Å². The van der Waals surface area contributed by atoms with Gasteiger partial charge in [-0.15, -0.1) is 0 Å². The van der Waals surface area contributed by atoms with Crippen LogP contribution in [0.1, 0.15) is 16.7 Å².